The summed E-state index contributed by atoms with van der Waals surface area (Å²) in [6.07, 6.45) is 1.07. The maximum absolute atomic E-state index is 14.2. The number of ether oxygens (including phenoxy) is 1. The number of carboxylic acid groups (broad SMARTS) is 1. The second-order valence-corrected chi connectivity index (χ2v) is 9.39. The van der Waals surface area contributed by atoms with Crippen molar-refractivity contribution in [2.24, 2.45) is 0 Å². The lowest BCUT2D eigenvalue weighted by atomic mass is 9.90. The summed E-state index contributed by atoms with van der Waals surface area (Å²) in [4.78, 5) is 27.6. The summed E-state index contributed by atoms with van der Waals surface area (Å²) in [5.41, 5.74) is 4.02. The van der Waals surface area contributed by atoms with Crippen molar-refractivity contribution in [1.82, 2.24) is 4.90 Å². The Morgan fingerprint density at radius 1 is 1.03 bits per heavy atom. The summed E-state index contributed by atoms with van der Waals surface area (Å²) in [6.45, 7) is 4.84. The zero-order valence-corrected chi connectivity index (χ0v) is 19.5. The average Bonchev–Trinajstić information content (AvgIpc) is 3.17. The molecule has 35 heavy (non-hydrogen) atoms. The van der Waals surface area contributed by atoms with Crippen molar-refractivity contribution in [3.8, 4) is 11.1 Å². The van der Waals surface area contributed by atoms with E-state index < -0.39 is 11.6 Å². The molecule has 2 aliphatic heterocycles. The number of carbonyl (C=O) groups is 2. The van der Waals surface area contributed by atoms with Crippen molar-refractivity contribution in [2.75, 3.05) is 24.5 Å². The number of anilines is 1. The van der Waals surface area contributed by atoms with Gasteiger partial charge in [0.15, 0.2) is 0 Å². The van der Waals surface area contributed by atoms with Gasteiger partial charge in [0.25, 0.3) is 0 Å². The Morgan fingerprint density at radius 2 is 1.74 bits per heavy atom. The molecule has 1 amide bonds. The van der Waals surface area contributed by atoms with Crippen LogP contribution in [0.3, 0.4) is 0 Å². The van der Waals surface area contributed by atoms with Gasteiger partial charge in [-0.25, -0.2) is 14.0 Å². The highest BCUT2D eigenvalue weighted by Gasteiger charge is 2.47. The molecule has 2 heterocycles. The summed E-state index contributed by atoms with van der Waals surface area (Å²) in [5, 5.41) is 9.09. The number of aromatic carboxylic acids is 1. The van der Waals surface area contributed by atoms with Crippen molar-refractivity contribution < 1.29 is 23.8 Å². The molecule has 0 radical (unpaired) electrons. The number of halogens is 1. The van der Waals surface area contributed by atoms with Crippen LogP contribution in [0.15, 0.2) is 66.7 Å². The van der Waals surface area contributed by atoms with Gasteiger partial charge in [0.2, 0.25) is 0 Å². The van der Waals surface area contributed by atoms with Crippen molar-refractivity contribution in [3.05, 3.63) is 89.2 Å². The Bertz CT molecular complexity index is 1270. The SMILES string of the molecule is Cc1cc(CN2CCC3(CC2)CN(c2ccc(C(=O)O)cc2)C(=O)O3)ccc1-c1ccccc1F. The van der Waals surface area contributed by atoms with Crippen LogP contribution in [-0.4, -0.2) is 47.3 Å². The van der Waals surface area contributed by atoms with E-state index in [0.29, 0.717) is 17.8 Å². The van der Waals surface area contributed by atoms with Gasteiger partial charge >= 0.3 is 12.1 Å². The van der Waals surface area contributed by atoms with Crippen LogP contribution in [0.2, 0.25) is 0 Å². The predicted molar refractivity (Wildman–Crippen MR) is 131 cm³/mol. The van der Waals surface area contributed by atoms with Gasteiger partial charge in [0.05, 0.1) is 12.1 Å². The topological polar surface area (TPSA) is 70.1 Å². The van der Waals surface area contributed by atoms with Crippen molar-refractivity contribution in [3.63, 3.8) is 0 Å². The third-order valence-electron chi connectivity index (χ3n) is 7.02. The Hall–Kier alpha value is -3.71. The van der Waals surface area contributed by atoms with Gasteiger partial charge in [-0.05, 0) is 53.9 Å². The van der Waals surface area contributed by atoms with Gasteiger partial charge in [-0.15, -0.1) is 0 Å². The van der Waals surface area contributed by atoms with E-state index in [1.807, 2.05) is 19.1 Å². The third-order valence-corrected chi connectivity index (χ3v) is 7.02. The van der Waals surface area contributed by atoms with Crippen LogP contribution in [0.4, 0.5) is 14.9 Å². The minimum Gasteiger partial charge on any atom is -0.478 e. The molecule has 2 fully saturated rings. The van der Waals surface area contributed by atoms with Crippen LogP contribution in [0.5, 0.6) is 0 Å². The van der Waals surface area contributed by atoms with Crippen LogP contribution in [0, 0.1) is 12.7 Å². The van der Waals surface area contributed by atoms with E-state index in [1.54, 1.807) is 29.2 Å². The number of aryl methyl sites for hydroxylation is 1. The average molecular weight is 475 g/mol. The standard InChI is InChI=1S/C28H27FN2O4/c1-19-16-20(6-11-23(19)24-4-2-3-5-25(24)29)17-30-14-12-28(13-15-30)18-31(27(34)35-28)22-9-7-21(8-10-22)26(32)33/h2-11,16H,12-15,17-18H2,1H3,(H,32,33). The first-order valence-electron chi connectivity index (χ1n) is 11.7. The van der Waals surface area contributed by atoms with E-state index >= 15 is 0 Å². The fraction of sp³-hybridized carbons (Fsp3) is 0.286. The third kappa shape index (κ3) is 4.64. The zero-order chi connectivity index (χ0) is 24.6. The number of amides is 1. The molecule has 1 spiro atoms. The molecule has 0 aliphatic carbocycles. The second kappa shape index (κ2) is 9.15. The van der Waals surface area contributed by atoms with E-state index in [-0.39, 0.29) is 17.5 Å². The molecule has 2 saturated heterocycles. The first kappa shape index (κ1) is 23.1. The Kier molecular flexibility index (Phi) is 6.03. The quantitative estimate of drug-likeness (QED) is 0.530. The van der Waals surface area contributed by atoms with Crippen LogP contribution >= 0.6 is 0 Å². The number of hydrogen-bond donors (Lipinski definition) is 1. The number of hydrogen-bond acceptors (Lipinski definition) is 4. The number of carbonyl (C=O) groups excluding carboxylic acids is 1. The van der Waals surface area contributed by atoms with Gasteiger partial charge in [0, 0.05) is 43.7 Å². The van der Waals surface area contributed by atoms with E-state index in [0.717, 1.165) is 43.6 Å². The number of likely N-dealkylation sites (tertiary alicyclic amines) is 1. The second-order valence-electron chi connectivity index (χ2n) is 9.39. The Morgan fingerprint density at radius 3 is 2.40 bits per heavy atom. The van der Waals surface area contributed by atoms with Gasteiger partial charge in [-0.1, -0.05) is 36.4 Å². The minimum absolute atomic E-state index is 0.182. The summed E-state index contributed by atoms with van der Waals surface area (Å²) in [6, 6.07) is 19.3. The number of nitrogens with zero attached hydrogens (tertiary/aromatic N) is 2. The molecule has 6 nitrogen and oxygen atoms in total. The number of piperidine rings is 1. The lowest BCUT2D eigenvalue weighted by Gasteiger charge is -2.37. The molecule has 5 rings (SSSR count). The van der Waals surface area contributed by atoms with Crippen LogP contribution in [0.25, 0.3) is 11.1 Å². The molecule has 3 aromatic rings. The molecule has 0 unspecified atom stereocenters. The van der Waals surface area contributed by atoms with Crippen molar-refractivity contribution >= 4 is 17.7 Å². The molecule has 0 saturated carbocycles. The number of rotatable bonds is 5. The molecular formula is C28H27FN2O4. The lowest BCUT2D eigenvalue weighted by molar-refractivity contribution is -0.000982. The lowest BCUT2D eigenvalue weighted by Crippen LogP contribution is -2.46. The Balaban J connectivity index is 1.21. The first-order valence-corrected chi connectivity index (χ1v) is 11.7. The zero-order valence-electron chi connectivity index (χ0n) is 19.5. The normalized spacial score (nSPS) is 17.5. The van der Waals surface area contributed by atoms with Gasteiger partial charge in [0.1, 0.15) is 11.4 Å². The fourth-order valence-electron chi connectivity index (χ4n) is 5.05. The van der Waals surface area contributed by atoms with Crippen molar-refractivity contribution in [1.29, 1.82) is 0 Å². The largest absolute Gasteiger partial charge is 0.478 e. The predicted octanol–water partition coefficient (Wildman–Crippen LogP) is 5.49. The molecule has 7 heteroatoms. The van der Waals surface area contributed by atoms with E-state index in [9.17, 15) is 14.0 Å². The van der Waals surface area contributed by atoms with Gasteiger partial charge in [-0.3, -0.25) is 9.80 Å². The smallest absolute Gasteiger partial charge is 0.415 e. The molecule has 3 aromatic carbocycles. The van der Waals surface area contributed by atoms with Crippen molar-refractivity contribution in [2.45, 2.75) is 31.9 Å². The van der Waals surface area contributed by atoms with E-state index in [4.69, 9.17) is 9.84 Å². The Labute approximate surface area is 203 Å². The van der Waals surface area contributed by atoms with E-state index in [2.05, 4.69) is 17.0 Å². The molecule has 0 bridgehead atoms. The summed E-state index contributed by atoms with van der Waals surface area (Å²) < 4.78 is 20.1. The molecule has 0 atom stereocenters. The number of benzene rings is 3. The first-order chi connectivity index (χ1) is 16.8. The monoisotopic (exact) mass is 474 g/mol. The molecule has 1 N–H and O–H groups in total. The molecule has 2 aliphatic rings. The van der Waals surface area contributed by atoms with Gasteiger partial charge < -0.3 is 9.84 Å². The van der Waals surface area contributed by atoms with Crippen LogP contribution in [0.1, 0.15) is 34.3 Å². The highest BCUT2D eigenvalue weighted by molar-refractivity contribution is 5.92. The van der Waals surface area contributed by atoms with Crippen LogP contribution < -0.4 is 4.90 Å². The van der Waals surface area contributed by atoms with Crippen LogP contribution in [-0.2, 0) is 11.3 Å². The highest BCUT2D eigenvalue weighted by atomic mass is 19.1. The molecular weight excluding hydrogens is 447 g/mol. The highest BCUT2D eigenvalue weighted by Crippen LogP contribution is 2.36. The maximum atomic E-state index is 14.2. The summed E-state index contributed by atoms with van der Waals surface area (Å²) in [5.74, 6) is -1.22. The fourth-order valence-corrected chi connectivity index (χ4v) is 5.05. The molecule has 0 aromatic heterocycles. The number of carboxylic acids is 1. The minimum atomic E-state index is -0.999. The summed E-state index contributed by atoms with van der Waals surface area (Å²) in [7, 11) is 0. The summed E-state index contributed by atoms with van der Waals surface area (Å²) >= 11 is 0. The van der Waals surface area contributed by atoms with E-state index in [1.165, 1.54) is 23.8 Å². The van der Waals surface area contributed by atoms with Gasteiger partial charge in [-0.2, -0.15) is 0 Å². The maximum Gasteiger partial charge on any atom is 0.415 e. The molecule has 180 valence electrons.